The minimum Gasteiger partial charge on any atom is -0.507 e. The van der Waals surface area contributed by atoms with Crippen LogP contribution < -0.4 is 5.32 Å². The van der Waals surface area contributed by atoms with Crippen molar-refractivity contribution in [1.82, 2.24) is 9.97 Å². The normalized spacial score (nSPS) is 10.4. The molecule has 0 aliphatic heterocycles. The summed E-state index contributed by atoms with van der Waals surface area (Å²) in [6.07, 6.45) is 5.32. The molecular weight excluding hydrogens is 274 g/mol. The molecule has 0 radical (unpaired) electrons. The number of benzene rings is 2. The maximum absolute atomic E-state index is 10.0. The Kier molecular flexibility index (Phi) is 3.63. The van der Waals surface area contributed by atoms with Crippen LogP contribution in [0.1, 0.15) is 5.56 Å². The number of para-hydroxylation sites is 1. The van der Waals surface area contributed by atoms with Crippen molar-refractivity contribution in [2.75, 3.05) is 11.9 Å². The first-order valence-corrected chi connectivity index (χ1v) is 6.93. The van der Waals surface area contributed by atoms with E-state index in [9.17, 15) is 5.11 Å². The number of anilines is 1. The summed E-state index contributed by atoms with van der Waals surface area (Å²) in [5.41, 5.74) is 2.51. The smallest absolute Gasteiger partial charge is 0.165 e. The van der Waals surface area contributed by atoms with E-state index < -0.39 is 0 Å². The number of aromatic nitrogens is 2. The molecule has 0 atom stereocenters. The standard InChI is InChI=1S/C18H15N3O/c1-3-10-19-17-13-9-8-12(2)11-15(13)20-18(21-17)14-6-4-5-7-16(14)22/h1,4-9,11,22H,10H2,2H3,(H,19,20,21). The van der Waals surface area contributed by atoms with Gasteiger partial charge in [0, 0.05) is 5.39 Å². The third-order valence-corrected chi connectivity index (χ3v) is 3.36. The molecule has 0 bridgehead atoms. The average molecular weight is 289 g/mol. The van der Waals surface area contributed by atoms with Crippen LogP contribution in [0.5, 0.6) is 5.75 Å². The number of hydrogen-bond donors (Lipinski definition) is 2. The number of hydrogen-bond acceptors (Lipinski definition) is 4. The molecule has 4 nitrogen and oxygen atoms in total. The van der Waals surface area contributed by atoms with Gasteiger partial charge in [0.15, 0.2) is 5.82 Å². The Labute approximate surface area is 128 Å². The van der Waals surface area contributed by atoms with Crippen molar-refractivity contribution in [1.29, 1.82) is 0 Å². The van der Waals surface area contributed by atoms with Gasteiger partial charge in [-0.05, 0) is 36.8 Å². The SMILES string of the molecule is C#CCNc1nc(-c2ccccc2O)nc2cc(C)ccc12. The van der Waals surface area contributed by atoms with Gasteiger partial charge >= 0.3 is 0 Å². The van der Waals surface area contributed by atoms with Crippen LogP contribution in [-0.2, 0) is 0 Å². The molecule has 108 valence electrons. The van der Waals surface area contributed by atoms with Gasteiger partial charge in [-0.25, -0.2) is 9.97 Å². The highest BCUT2D eigenvalue weighted by Crippen LogP contribution is 2.30. The molecule has 0 aliphatic carbocycles. The second kappa shape index (κ2) is 5.74. The van der Waals surface area contributed by atoms with Crippen molar-refractivity contribution in [3.63, 3.8) is 0 Å². The zero-order valence-electron chi connectivity index (χ0n) is 12.2. The number of nitrogens with zero attached hydrogens (tertiary/aromatic N) is 2. The summed E-state index contributed by atoms with van der Waals surface area (Å²) in [5.74, 6) is 3.83. The van der Waals surface area contributed by atoms with Crippen LogP contribution in [0.2, 0.25) is 0 Å². The Morgan fingerprint density at radius 2 is 2.00 bits per heavy atom. The van der Waals surface area contributed by atoms with Gasteiger partial charge in [0.25, 0.3) is 0 Å². The number of rotatable bonds is 3. The first-order valence-electron chi connectivity index (χ1n) is 6.93. The zero-order chi connectivity index (χ0) is 15.5. The molecular formula is C18H15N3O. The van der Waals surface area contributed by atoms with Gasteiger partial charge < -0.3 is 10.4 Å². The average Bonchev–Trinajstić information content (AvgIpc) is 2.52. The molecule has 3 aromatic rings. The fourth-order valence-electron chi connectivity index (χ4n) is 2.29. The lowest BCUT2D eigenvalue weighted by Crippen LogP contribution is -2.04. The van der Waals surface area contributed by atoms with E-state index >= 15 is 0 Å². The lowest BCUT2D eigenvalue weighted by atomic mass is 10.1. The van der Waals surface area contributed by atoms with Crippen LogP contribution in [0.4, 0.5) is 5.82 Å². The molecule has 0 spiro atoms. The Morgan fingerprint density at radius 3 is 2.77 bits per heavy atom. The van der Waals surface area contributed by atoms with Gasteiger partial charge in [0.2, 0.25) is 0 Å². The van der Waals surface area contributed by atoms with Crippen LogP contribution in [0.25, 0.3) is 22.3 Å². The molecule has 0 amide bonds. The van der Waals surface area contributed by atoms with E-state index in [1.165, 1.54) is 0 Å². The van der Waals surface area contributed by atoms with Gasteiger partial charge in [-0.1, -0.05) is 24.1 Å². The largest absolute Gasteiger partial charge is 0.507 e. The lowest BCUT2D eigenvalue weighted by molar-refractivity contribution is 0.477. The van der Waals surface area contributed by atoms with Gasteiger partial charge in [-0.2, -0.15) is 0 Å². The van der Waals surface area contributed by atoms with E-state index in [0.29, 0.717) is 23.8 Å². The van der Waals surface area contributed by atoms with E-state index in [0.717, 1.165) is 16.5 Å². The fourth-order valence-corrected chi connectivity index (χ4v) is 2.29. The molecule has 3 rings (SSSR count). The van der Waals surface area contributed by atoms with E-state index in [1.807, 2.05) is 31.2 Å². The number of terminal acetylenes is 1. The quantitative estimate of drug-likeness (QED) is 0.726. The molecule has 0 unspecified atom stereocenters. The van der Waals surface area contributed by atoms with E-state index in [2.05, 4.69) is 21.2 Å². The van der Waals surface area contributed by atoms with Crippen LogP contribution >= 0.6 is 0 Å². The van der Waals surface area contributed by atoms with Crippen molar-refractivity contribution in [2.45, 2.75) is 6.92 Å². The second-order valence-electron chi connectivity index (χ2n) is 4.99. The summed E-state index contributed by atoms with van der Waals surface area (Å²) in [4.78, 5) is 9.09. The summed E-state index contributed by atoms with van der Waals surface area (Å²) < 4.78 is 0. The molecule has 1 aromatic heterocycles. The van der Waals surface area contributed by atoms with Gasteiger partial charge in [-0.15, -0.1) is 6.42 Å². The van der Waals surface area contributed by atoms with Gasteiger partial charge in [0.1, 0.15) is 11.6 Å². The maximum Gasteiger partial charge on any atom is 0.165 e. The van der Waals surface area contributed by atoms with E-state index in [-0.39, 0.29) is 5.75 Å². The van der Waals surface area contributed by atoms with Crippen molar-refractivity contribution in [2.24, 2.45) is 0 Å². The van der Waals surface area contributed by atoms with Gasteiger partial charge in [-0.3, -0.25) is 0 Å². The minimum atomic E-state index is 0.150. The topological polar surface area (TPSA) is 58.0 Å². The highest BCUT2D eigenvalue weighted by Gasteiger charge is 2.11. The number of nitrogens with one attached hydrogen (secondary N) is 1. The van der Waals surface area contributed by atoms with Crippen LogP contribution in [-0.4, -0.2) is 21.6 Å². The highest BCUT2D eigenvalue weighted by molar-refractivity contribution is 5.91. The summed E-state index contributed by atoms with van der Waals surface area (Å²) in [6.45, 7) is 2.38. The van der Waals surface area contributed by atoms with Gasteiger partial charge in [0.05, 0.1) is 17.6 Å². The third kappa shape index (κ3) is 2.57. The number of phenols is 1. The van der Waals surface area contributed by atoms with Crippen molar-refractivity contribution in [3.8, 4) is 29.5 Å². The molecule has 2 aromatic carbocycles. The summed E-state index contributed by atoms with van der Waals surface area (Å²) >= 11 is 0. The molecule has 1 heterocycles. The first-order chi connectivity index (χ1) is 10.7. The molecule has 4 heteroatoms. The van der Waals surface area contributed by atoms with Crippen molar-refractivity contribution in [3.05, 3.63) is 48.0 Å². The first kappa shape index (κ1) is 13.9. The predicted molar refractivity (Wildman–Crippen MR) is 88.7 cm³/mol. The number of fused-ring (bicyclic) bond motifs is 1. The Balaban J connectivity index is 2.23. The van der Waals surface area contributed by atoms with Crippen LogP contribution in [0, 0.1) is 19.3 Å². The van der Waals surface area contributed by atoms with E-state index in [4.69, 9.17) is 6.42 Å². The van der Waals surface area contributed by atoms with E-state index in [1.54, 1.807) is 18.2 Å². The fraction of sp³-hybridized carbons (Fsp3) is 0.111. The Bertz CT molecular complexity index is 881. The van der Waals surface area contributed by atoms with Crippen LogP contribution in [0.15, 0.2) is 42.5 Å². The number of aryl methyl sites for hydroxylation is 1. The summed E-state index contributed by atoms with van der Waals surface area (Å²) in [7, 11) is 0. The Morgan fingerprint density at radius 1 is 1.18 bits per heavy atom. The molecule has 2 N–H and O–H groups in total. The molecule has 0 saturated carbocycles. The zero-order valence-corrected chi connectivity index (χ0v) is 12.2. The van der Waals surface area contributed by atoms with Crippen LogP contribution in [0.3, 0.4) is 0 Å². The molecule has 0 aliphatic rings. The third-order valence-electron chi connectivity index (χ3n) is 3.36. The summed E-state index contributed by atoms with van der Waals surface area (Å²) in [5, 5.41) is 14.0. The predicted octanol–water partition coefficient (Wildman–Crippen LogP) is 3.36. The Hall–Kier alpha value is -3.06. The molecule has 0 fully saturated rings. The number of aromatic hydroxyl groups is 1. The lowest BCUT2D eigenvalue weighted by Gasteiger charge is -2.10. The highest BCUT2D eigenvalue weighted by atomic mass is 16.3. The second-order valence-corrected chi connectivity index (χ2v) is 4.99. The molecule has 22 heavy (non-hydrogen) atoms. The summed E-state index contributed by atoms with van der Waals surface area (Å²) in [6, 6.07) is 13.0. The van der Waals surface area contributed by atoms with Crippen molar-refractivity contribution >= 4 is 16.7 Å². The number of phenolic OH excluding ortho intramolecular Hbond substituents is 1. The monoisotopic (exact) mass is 289 g/mol. The molecule has 0 saturated heterocycles. The minimum absolute atomic E-state index is 0.150. The maximum atomic E-state index is 10.0. The van der Waals surface area contributed by atoms with Crippen molar-refractivity contribution < 1.29 is 5.11 Å².